The minimum Gasteiger partial charge on any atom is -0.437 e. The van der Waals surface area contributed by atoms with Crippen molar-refractivity contribution in [3.05, 3.63) is 68.3 Å². The summed E-state index contributed by atoms with van der Waals surface area (Å²) < 4.78 is 30.8. The summed E-state index contributed by atoms with van der Waals surface area (Å²) in [5, 5.41) is 13.0. The third-order valence-electron chi connectivity index (χ3n) is 6.29. The third kappa shape index (κ3) is 6.41. The molecule has 11 heteroatoms. The van der Waals surface area contributed by atoms with Gasteiger partial charge in [0, 0.05) is 23.9 Å². The van der Waals surface area contributed by atoms with Gasteiger partial charge in [-0.15, -0.1) is 0 Å². The molecule has 2 aromatic carbocycles. The maximum atomic E-state index is 12.0. The first-order chi connectivity index (χ1) is 17.6. The summed E-state index contributed by atoms with van der Waals surface area (Å²) in [5.74, 6) is 1.48. The summed E-state index contributed by atoms with van der Waals surface area (Å²) in [6.45, 7) is 5.92. The van der Waals surface area contributed by atoms with Gasteiger partial charge in [-0.25, -0.2) is 13.4 Å². The Labute approximate surface area is 230 Å². The Morgan fingerprint density at radius 1 is 1.22 bits per heavy atom. The van der Waals surface area contributed by atoms with E-state index >= 15 is 0 Å². The standard InChI is InChI=1S/C26H27BrClN5O3S/c1-16-10-18(13-29)11-17(2)24(16)36-25-22(27)14-31-26(32-25)33(20-6-8-30-9-7-20)15-19-4-5-21(12-23(19)28)37(3,34)35/h4-5,10-12,14,20,30H,6-9,15H2,1-3H3. The number of sulfone groups is 1. The molecule has 0 radical (unpaired) electrons. The molecule has 1 aromatic heterocycles. The molecule has 194 valence electrons. The van der Waals surface area contributed by atoms with Crippen molar-refractivity contribution in [1.82, 2.24) is 15.3 Å². The Morgan fingerprint density at radius 2 is 1.89 bits per heavy atom. The molecule has 8 nitrogen and oxygen atoms in total. The van der Waals surface area contributed by atoms with Gasteiger partial charge in [0.05, 0.1) is 27.2 Å². The Hall–Kier alpha value is -2.71. The summed E-state index contributed by atoms with van der Waals surface area (Å²) >= 11 is 10.0. The predicted octanol–water partition coefficient (Wildman–Crippen LogP) is 5.34. The number of aryl methyl sites for hydroxylation is 2. The lowest BCUT2D eigenvalue weighted by Gasteiger charge is -2.35. The summed E-state index contributed by atoms with van der Waals surface area (Å²) in [4.78, 5) is 11.6. The first kappa shape index (κ1) is 27.3. The largest absolute Gasteiger partial charge is 0.437 e. The molecule has 1 fully saturated rings. The molecule has 0 amide bonds. The molecule has 1 saturated heterocycles. The lowest BCUT2D eigenvalue weighted by molar-refractivity contribution is 0.417. The molecular formula is C26H27BrClN5O3S. The van der Waals surface area contributed by atoms with Crippen LogP contribution in [-0.2, 0) is 16.4 Å². The summed E-state index contributed by atoms with van der Waals surface area (Å²) in [5.41, 5.74) is 3.01. The molecule has 0 atom stereocenters. The van der Waals surface area contributed by atoms with Gasteiger partial charge in [0.1, 0.15) is 5.75 Å². The van der Waals surface area contributed by atoms with Crippen LogP contribution in [0, 0.1) is 25.2 Å². The number of hydrogen-bond donors (Lipinski definition) is 1. The van der Waals surface area contributed by atoms with Crippen molar-refractivity contribution < 1.29 is 13.2 Å². The third-order valence-corrected chi connectivity index (χ3v) is 8.29. The van der Waals surface area contributed by atoms with Gasteiger partial charge in [0.25, 0.3) is 0 Å². The number of nitrogens with one attached hydrogen (secondary N) is 1. The van der Waals surface area contributed by atoms with Crippen LogP contribution in [0.5, 0.6) is 11.6 Å². The first-order valence-electron chi connectivity index (χ1n) is 11.7. The number of nitrogens with zero attached hydrogens (tertiary/aromatic N) is 4. The maximum Gasteiger partial charge on any atom is 0.238 e. The van der Waals surface area contributed by atoms with E-state index in [0.29, 0.717) is 39.2 Å². The molecule has 4 rings (SSSR count). The molecule has 2 heterocycles. The van der Waals surface area contributed by atoms with Crippen molar-refractivity contribution in [3.8, 4) is 17.7 Å². The number of hydrogen-bond acceptors (Lipinski definition) is 8. The second kappa shape index (κ2) is 11.4. The van der Waals surface area contributed by atoms with Crippen molar-refractivity contribution in [2.45, 2.75) is 44.2 Å². The van der Waals surface area contributed by atoms with Gasteiger partial charge in [0.2, 0.25) is 11.8 Å². The van der Waals surface area contributed by atoms with Crippen LogP contribution < -0.4 is 15.0 Å². The molecule has 1 aliphatic rings. The van der Waals surface area contributed by atoms with Crippen LogP contribution in [0.15, 0.2) is 45.9 Å². The predicted molar refractivity (Wildman–Crippen MR) is 147 cm³/mol. The highest BCUT2D eigenvalue weighted by Gasteiger charge is 2.26. The fourth-order valence-corrected chi connectivity index (χ4v) is 5.60. The molecule has 37 heavy (non-hydrogen) atoms. The molecule has 0 unspecified atom stereocenters. The van der Waals surface area contributed by atoms with Crippen molar-refractivity contribution in [2.24, 2.45) is 0 Å². The number of aromatic nitrogens is 2. The number of rotatable bonds is 7. The highest BCUT2D eigenvalue weighted by molar-refractivity contribution is 9.10. The van der Waals surface area contributed by atoms with Gasteiger partial charge in [-0.05, 0) is 96.7 Å². The number of ether oxygens (including phenoxy) is 1. The van der Waals surface area contributed by atoms with E-state index in [4.69, 9.17) is 21.3 Å². The zero-order valence-corrected chi connectivity index (χ0v) is 23.9. The van der Waals surface area contributed by atoms with E-state index in [1.807, 2.05) is 13.8 Å². The van der Waals surface area contributed by atoms with Gasteiger partial charge >= 0.3 is 0 Å². The van der Waals surface area contributed by atoms with E-state index in [2.05, 4.69) is 37.2 Å². The van der Waals surface area contributed by atoms with Gasteiger partial charge in [-0.3, -0.25) is 0 Å². The second-order valence-electron chi connectivity index (χ2n) is 9.11. The minimum atomic E-state index is -3.37. The quantitative estimate of drug-likeness (QED) is 0.385. The minimum absolute atomic E-state index is 0.152. The fourth-order valence-electron chi connectivity index (χ4n) is 4.38. The molecule has 0 bridgehead atoms. The molecular weight excluding hydrogens is 578 g/mol. The maximum absolute atomic E-state index is 12.0. The van der Waals surface area contributed by atoms with E-state index in [-0.39, 0.29) is 10.9 Å². The van der Waals surface area contributed by atoms with Crippen LogP contribution in [0.4, 0.5) is 5.95 Å². The van der Waals surface area contributed by atoms with Gasteiger partial charge in [-0.1, -0.05) is 17.7 Å². The molecule has 0 saturated carbocycles. The van der Waals surface area contributed by atoms with Gasteiger partial charge in [-0.2, -0.15) is 10.2 Å². The van der Waals surface area contributed by atoms with Crippen LogP contribution in [0.1, 0.15) is 35.1 Å². The number of halogens is 2. The van der Waals surface area contributed by atoms with E-state index in [1.54, 1.807) is 30.5 Å². The fraction of sp³-hybridized carbons (Fsp3) is 0.346. The van der Waals surface area contributed by atoms with Crippen LogP contribution in [0.25, 0.3) is 0 Å². The molecule has 1 aliphatic heterocycles. The number of piperidine rings is 1. The number of anilines is 1. The lowest BCUT2D eigenvalue weighted by Crippen LogP contribution is -2.43. The van der Waals surface area contributed by atoms with Crippen molar-refractivity contribution in [1.29, 1.82) is 5.26 Å². The number of benzene rings is 2. The Balaban J connectivity index is 1.71. The zero-order chi connectivity index (χ0) is 26.7. The van der Waals surface area contributed by atoms with Crippen LogP contribution in [0.3, 0.4) is 0 Å². The summed E-state index contributed by atoms with van der Waals surface area (Å²) in [6, 6.07) is 10.7. The Kier molecular flexibility index (Phi) is 8.39. The highest BCUT2D eigenvalue weighted by atomic mass is 79.9. The topological polar surface area (TPSA) is 108 Å². The van der Waals surface area contributed by atoms with Crippen molar-refractivity contribution in [2.75, 3.05) is 24.2 Å². The highest BCUT2D eigenvalue weighted by Crippen LogP contribution is 2.35. The average molecular weight is 605 g/mol. The molecule has 1 N–H and O–H groups in total. The SMILES string of the molecule is Cc1cc(C#N)cc(C)c1Oc1nc(N(Cc2ccc(S(C)(=O)=O)cc2Cl)C2CCNCC2)ncc1Br. The van der Waals surface area contributed by atoms with E-state index in [9.17, 15) is 13.7 Å². The molecule has 3 aromatic rings. The molecule has 0 spiro atoms. The monoisotopic (exact) mass is 603 g/mol. The smallest absolute Gasteiger partial charge is 0.238 e. The van der Waals surface area contributed by atoms with E-state index in [1.165, 1.54) is 6.07 Å². The lowest BCUT2D eigenvalue weighted by atomic mass is 10.0. The van der Waals surface area contributed by atoms with Crippen molar-refractivity contribution in [3.63, 3.8) is 0 Å². The Morgan fingerprint density at radius 3 is 2.49 bits per heavy atom. The average Bonchev–Trinajstić information content (AvgIpc) is 2.86. The van der Waals surface area contributed by atoms with Crippen LogP contribution >= 0.6 is 27.5 Å². The zero-order valence-electron chi connectivity index (χ0n) is 20.8. The van der Waals surface area contributed by atoms with E-state index in [0.717, 1.165) is 48.9 Å². The van der Waals surface area contributed by atoms with Gasteiger partial charge < -0.3 is 15.0 Å². The number of nitriles is 1. The summed E-state index contributed by atoms with van der Waals surface area (Å²) in [7, 11) is -3.37. The van der Waals surface area contributed by atoms with Gasteiger partial charge in [0.15, 0.2) is 9.84 Å². The molecule has 0 aliphatic carbocycles. The van der Waals surface area contributed by atoms with Crippen LogP contribution in [-0.4, -0.2) is 43.8 Å². The van der Waals surface area contributed by atoms with E-state index < -0.39 is 9.84 Å². The van der Waals surface area contributed by atoms with Crippen molar-refractivity contribution >= 4 is 43.3 Å². The van der Waals surface area contributed by atoms with Crippen LogP contribution in [0.2, 0.25) is 5.02 Å². The second-order valence-corrected chi connectivity index (χ2v) is 12.4. The Bertz CT molecular complexity index is 1450. The summed E-state index contributed by atoms with van der Waals surface area (Å²) in [6.07, 6.45) is 4.60. The normalized spacial score (nSPS) is 14.3. The first-order valence-corrected chi connectivity index (χ1v) is 14.8.